The standard InChI is InChI=1S/C12H16ClN5/c1-7(5-9-3-4-9)16-11-8(2)10(13)17-12-14-6-15-18(11)12/h6-7,9,16H,3-5H2,1-2H3. The second-order valence-electron chi connectivity index (χ2n) is 5.07. The first kappa shape index (κ1) is 11.7. The molecule has 1 aliphatic carbocycles. The average Bonchev–Trinajstić information content (AvgIpc) is 3.01. The van der Waals surface area contributed by atoms with Gasteiger partial charge in [-0.15, -0.1) is 0 Å². The maximum atomic E-state index is 6.12. The fourth-order valence-corrected chi connectivity index (χ4v) is 2.38. The van der Waals surface area contributed by atoms with Crippen LogP contribution in [0.5, 0.6) is 0 Å². The fraction of sp³-hybridized carbons (Fsp3) is 0.583. The first-order valence-corrected chi connectivity index (χ1v) is 6.65. The van der Waals surface area contributed by atoms with E-state index in [1.54, 1.807) is 4.52 Å². The third kappa shape index (κ3) is 2.14. The van der Waals surface area contributed by atoms with Crippen molar-refractivity contribution < 1.29 is 0 Å². The molecule has 0 aliphatic heterocycles. The van der Waals surface area contributed by atoms with E-state index in [-0.39, 0.29) is 0 Å². The molecule has 18 heavy (non-hydrogen) atoms. The number of rotatable bonds is 4. The van der Waals surface area contributed by atoms with E-state index in [0.29, 0.717) is 17.0 Å². The van der Waals surface area contributed by atoms with Gasteiger partial charge in [-0.3, -0.25) is 0 Å². The number of aromatic nitrogens is 4. The number of nitrogens with zero attached hydrogens (tertiary/aromatic N) is 4. The second-order valence-corrected chi connectivity index (χ2v) is 5.43. The van der Waals surface area contributed by atoms with Crippen molar-refractivity contribution in [3.8, 4) is 0 Å². The zero-order valence-electron chi connectivity index (χ0n) is 10.5. The van der Waals surface area contributed by atoms with Crippen molar-refractivity contribution in [3.05, 3.63) is 17.0 Å². The van der Waals surface area contributed by atoms with Crippen molar-refractivity contribution in [1.29, 1.82) is 0 Å². The minimum Gasteiger partial charge on any atom is -0.367 e. The van der Waals surface area contributed by atoms with Crippen LogP contribution in [0.25, 0.3) is 5.78 Å². The topological polar surface area (TPSA) is 55.1 Å². The Hall–Kier alpha value is -1.36. The molecule has 2 aromatic rings. The van der Waals surface area contributed by atoms with Gasteiger partial charge >= 0.3 is 0 Å². The van der Waals surface area contributed by atoms with Gasteiger partial charge in [0.1, 0.15) is 17.3 Å². The van der Waals surface area contributed by atoms with Crippen molar-refractivity contribution in [3.63, 3.8) is 0 Å². The Morgan fingerprint density at radius 3 is 3.06 bits per heavy atom. The van der Waals surface area contributed by atoms with E-state index in [1.165, 1.54) is 25.6 Å². The van der Waals surface area contributed by atoms with Crippen LogP contribution in [0, 0.1) is 12.8 Å². The minimum absolute atomic E-state index is 0.405. The Bertz CT molecular complexity index is 575. The van der Waals surface area contributed by atoms with Crippen molar-refractivity contribution in [2.24, 2.45) is 5.92 Å². The van der Waals surface area contributed by atoms with Gasteiger partial charge in [-0.25, -0.2) is 0 Å². The number of nitrogens with one attached hydrogen (secondary N) is 1. The summed E-state index contributed by atoms with van der Waals surface area (Å²) >= 11 is 6.12. The summed E-state index contributed by atoms with van der Waals surface area (Å²) in [6.07, 6.45) is 5.41. The number of fused-ring (bicyclic) bond motifs is 1. The van der Waals surface area contributed by atoms with E-state index in [9.17, 15) is 0 Å². The highest BCUT2D eigenvalue weighted by molar-refractivity contribution is 6.30. The molecule has 2 heterocycles. The van der Waals surface area contributed by atoms with Gasteiger partial charge in [0.2, 0.25) is 0 Å². The van der Waals surface area contributed by atoms with E-state index >= 15 is 0 Å². The molecular formula is C12H16ClN5. The van der Waals surface area contributed by atoms with E-state index < -0.39 is 0 Å². The number of hydrogen-bond acceptors (Lipinski definition) is 4. The largest absolute Gasteiger partial charge is 0.367 e. The van der Waals surface area contributed by atoms with Gasteiger partial charge in [0.15, 0.2) is 0 Å². The maximum absolute atomic E-state index is 6.12. The summed E-state index contributed by atoms with van der Waals surface area (Å²) in [6.45, 7) is 4.14. The highest BCUT2D eigenvalue weighted by atomic mass is 35.5. The SMILES string of the molecule is Cc1c(Cl)nc2ncnn2c1NC(C)CC1CC1. The van der Waals surface area contributed by atoms with Crippen LogP contribution in [0.2, 0.25) is 5.15 Å². The highest BCUT2D eigenvalue weighted by Crippen LogP contribution is 2.34. The zero-order chi connectivity index (χ0) is 12.7. The van der Waals surface area contributed by atoms with Gasteiger partial charge in [0.25, 0.3) is 5.78 Å². The summed E-state index contributed by atoms with van der Waals surface area (Å²) in [5.41, 5.74) is 0.914. The Balaban J connectivity index is 1.93. The van der Waals surface area contributed by atoms with Crippen LogP contribution in [0.1, 0.15) is 31.7 Å². The first-order chi connectivity index (χ1) is 8.65. The predicted octanol–water partition coefficient (Wildman–Crippen LogP) is 2.69. The average molecular weight is 266 g/mol. The van der Waals surface area contributed by atoms with Crippen LogP contribution in [-0.4, -0.2) is 25.6 Å². The molecule has 0 aromatic carbocycles. The van der Waals surface area contributed by atoms with Crippen molar-refractivity contribution in [2.45, 2.75) is 39.2 Å². The lowest BCUT2D eigenvalue weighted by Crippen LogP contribution is -2.19. The molecule has 1 fully saturated rings. The molecule has 0 amide bonds. The molecule has 1 unspecified atom stereocenters. The lowest BCUT2D eigenvalue weighted by Gasteiger charge is -2.17. The van der Waals surface area contributed by atoms with Crippen LogP contribution in [-0.2, 0) is 0 Å². The summed E-state index contributed by atoms with van der Waals surface area (Å²) in [6, 6.07) is 0.405. The van der Waals surface area contributed by atoms with Gasteiger partial charge in [0, 0.05) is 11.6 Å². The minimum atomic E-state index is 0.405. The van der Waals surface area contributed by atoms with Crippen LogP contribution >= 0.6 is 11.6 Å². The number of halogens is 1. The fourth-order valence-electron chi connectivity index (χ4n) is 2.21. The van der Waals surface area contributed by atoms with Crippen molar-refractivity contribution in [2.75, 3.05) is 5.32 Å². The molecule has 2 aromatic heterocycles. The Labute approximate surface area is 111 Å². The molecule has 0 saturated heterocycles. The molecule has 5 nitrogen and oxygen atoms in total. The zero-order valence-corrected chi connectivity index (χ0v) is 11.3. The molecule has 1 atom stereocenters. The van der Waals surface area contributed by atoms with Gasteiger partial charge in [-0.1, -0.05) is 24.4 Å². The lowest BCUT2D eigenvalue weighted by atomic mass is 10.1. The second kappa shape index (κ2) is 4.39. The summed E-state index contributed by atoms with van der Waals surface area (Å²) < 4.78 is 1.71. The molecule has 0 spiro atoms. The third-order valence-corrected chi connectivity index (χ3v) is 3.74. The van der Waals surface area contributed by atoms with E-state index in [2.05, 4.69) is 27.3 Å². The molecule has 0 bridgehead atoms. The van der Waals surface area contributed by atoms with Crippen molar-refractivity contribution in [1.82, 2.24) is 19.6 Å². The summed E-state index contributed by atoms with van der Waals surface area (Å²) in [4.78, 5) is 8.27. The van der Waals surface area contributed by atoms with Crippen LogP contribution in [0.15, 0.2) is 6.33 Å². The molecule has 3 rings (SSSR count). The summed E-state index contributed by atoms with van der Waals surface area (Å²) in [5, 5.41) is 8.16. The molecule has 96 valence electrons. The maximum Gasteiger partial charge on any atom is 0.255 e. The quantitative estimate of drug-likeness (QED) is 0.864. The predicted molar refractivity (Wildman–Crippen MR) is 71.0 cm³/mol. The molecule has 0 radical (unpaired) electrons. The van der Waals surface area contributed by atoms with Gasteiger partial charge < -0.3 is 5.32 Å². The van der Waals surface area contributed by atoms with E-state index in [1.807, 2.05) is 6.92 Å². The first-order valence-electron chi connectivity index (χ1n) is 6.27. The van der Waals surface area contributed by atoms with Gasteiger partial charge in [0.05, 0.1) is 0 Å². The van der Waals surface area contributed by atoms with Crippen LogP contribution in [0.3, 0.4) is 0 Å². The third-order valence-electron chi connectivity index (χ3n) is 3.37. The Kier molecular flexibility index (Phi) is 2.86. The van der Waals surface area contributed by atoms with Gasteiger partial charge in [-0.2, -0.15) is 19.6 Å². The van der Waals surface area contributed by atoms with Crippen LogP contribution in [0.4, 0.5) is 5.82 Å². The molecule has 1 saturated carbocycles. The summed E-state index contributed by atoms with van der Waals surface area (Å²) in [7, 11) is 0. The van der Waals surface area contributed by atoms with E-state index in [0.717, 1.165) is 17.3 Å². The number of anilines is 1. The normalized spacial score (nSPS) is 17.1. The summed E-state index contributed by atoms with van der Waals surface area (Å²) in [5.74, 6) is 2.32. The molecule has 1 N–H and O–H groups in total. The molecular weight excluding hydrogens is 250 g/mol. The Morgan fingerprint density at radius 2 is 2.33 bits per heavy atom. The lowest BCUT2D eigenvalue weighted by molar-refractivity contribution is 0.636. The van der Waals surface area contributed by atoms with Crippen molar-refractivity contribution >= 4 is 23.2 Å². The number of hydrogen-bond donors (Lipinski definition) is 1. The van der Waals surface area contributed by atoms with Crippen LogP contribution < -0.4 is 5.32 Å². The highest BCUT2D eigenvalue weighted by Gasteiger charge is 2.24. The van der Waals surface area contributed by atoms with Gasteiger partial charge in [-0.05, 0) is 26.2 Å². The molecule has 6 heteroatoms. The monoisotopic (exact) mass is 265 g/mol. The smallest absolute Gasteiger partial charge is 0.255 e. The Morgan fingerprint density at radius 1 is 1.56 bits per heavy atom. The molecule has 1 aliphatic rings. The van der Waals surface area contributed by atoms with E-state index in [4.69, 9.17) is 11.6 Å².